The Morgan fingerprint density at radius 2 is 2.00 bits per heavy atom. The Hall–Kier alpha value is -1.27. The van der Waals surface area contributed by atoms with Crippen molar-refractivity contribution in [2.24, 2.45) is 5.92 Å². The minimum atomic E-state index is -2.51. The van der Waals surface area contributed by atoms with Gasteiger partial charge in [0.15, 0.2) is 0 Å². The molecular formula is C17H20ClF3N2O. The van der Waals surface area contributed by atoms with Crippen molar-refractivity contribution in [3.05, 3.63) is 34.6 Å². The van der Waals surface area contributed by atoms with E-state index in [2.05, 4.69) is 10.6 Å². The van der Waals surface area contributed by atoms with Crippen molar-refractivity contribution in [2.75, 3.05) is 6.54 Å². The number of rotatable bonds is 5. The number of hydrogen-bond acceptors (Lipinski definition) is 2. The third-order valence-electron chi connectivity index (χ3n) is 4.80. The van der Waals surface area contributed by atoms with Gasteiger partial charge in [0.05, 0.1) is 0 Å². The molecule has 132 valence electrons. The first kappa shape index (κ1) is 17.5. The fourth-order valence-electron chi connectivity index (χ4n) is 3.41. The van der Waals surface area contributed by atoms with Crippen LogP contribution in [0, 0.1) is 11.7 Å². The maximum Gasteiger partial charge on any atom is 0.251 e. The lowest BCUT2D eigenvalue weighted by Gasteiger charge is -2.37. The second kappa shape index (κ2) is 6.92. The van der Waals surface area contributed by atoms with Crippen molar-refractivity contribution < 1.29 is 18.0 Å². The summed E-state index contributed by atoms with van der Waals surface area (Å²) < 4.78 is 39.5. The number of hydrogen-bond donors (Lipinski definition) is 2. The Morgan fingerprint density at radius 1 is 1.25 bits per heavy atom. The highest BCUT2D eigenvalue weighted by Crippen LogP contribution is 2.38. The quantitative estimate of drug-likeness (QED) is 0.839. The van der Waals surface area contributed by atoms with Crippen LogP contribution in [-0.4, -0.2) is 30.5 Å². The average molecular weight is 361 g/mol. The number of carbonyl (C=O) groups excluding carboxylic acids is 1. The van der Waals surface area contributed by atoms with E-state index in [0.717, 1.165) is 25.0 Å². The number of carbonyl (C=O) groups is 1. The number of amides is 1. The van der Waals surface area contributed by atoms with Crippen LogP contribution in [0.4, 0.5) is 13.2 Å². The molecule has 3 nitrogen and oxygen atoms in total. The van der Waals surface area contributed by atoms with Gasteiger partial charge in [-0.25, -0.2) is 13.2 Å². The first-order chi connectivity index (χ1) is 11.3. The predicted molar refractivity (Wildman–Crippen MR) is 86.0 cm³/mol. The van der Waals surface area contributed by atoms with E-state index < -0.39 is 11.7 Å². The molecule has 1 amide bonds. The molecule has 2 saturated carbocycles. The average Bonchev–Trinajstić information content (AvgIpc) is 2.79. The molecular weight excluding hydrogens is 341 g/mol. The molecule has 0 unspecified atom stereocenters. The van der Waals surface area contributed by atoms with Crippen LogP contribution in [0.2, 0.25) is 5.02 Å². The van der Waals surface area contributed by atoms with Gasteiger partial charge in [-0.05, 0) is 49.9 Å². The highest BCUT2D eigenvalue weighted by atomic mass is 35.5. The largest absolute Gasteiger partial charge is 0.349 e. The second-order valence-corrected chi connectivity index (χ2v) is 7.31. The summed E-state index contributed by atoms with van der Waals surface area (Å²) >= 11 is 5.74. The molecule has 1 atom stereocenters. The van der Waals surface area contributed by atoms with Crippen LogP contribution in [0.5, 0.6) is 0 Å². The summed E-state index contributed by atoms with van der Waals surface area (Å²) in [5.41, 5.74) is 0.199. The first-order valence-electron chi connectivity index (χ1n) is 8.19. The van der Waals surface area contributed by atoms with Crippen molar-refractivity contribution in [1.82, 2.24) is 10.6 Å². The van der Waals surface area contributed by atoms with E-state index in [1.165, 1.54) is 6.07 Å². The van der Waals surface area contributed by atoms with Gasteiger partial charge in [0.2, 0.25) is 5.92 Å². The summed E-state index contributed by atoms with van der Waals surface area (Å²) in [5, 5.41) is 6.31. The van der Waals surface area contributed by atoms with Crippen LogP contribution in [0.15, 0.2) is 18.2 Å². The Labute approximate surface area is 143 Å². The molecule has 0 bridgehead atoms. The summed E-state index contributed by atoms with van der Waals surface area (Å²) in [6.45, 7) is 0.598. The summed E-state index contributed by atoms with van der Waals surface area (Å²) in [7, 11) is 0. The van der Waals surface area contributed by atoms with E-state index in [9.17, 15) is 18.0 Å². The molecule has 0 heterocycles. The molecule has 0 aromatic heterocycles. The Balaban J connectivity index is 1.38. The van der Waals surface area contributed by atoms with Crippen LogP contribution in [0.1, 0.15) is 42.5 Å². The van der Waals surface area contributed by atoms with Crippen molar-refractivity contribution >= 4 is 17.5 Å². The highest BCUT2D eigenvalue weighted by Gasteiger charge is 2.40. The van der Waals surface area contributed by atoms with Gasteiger partial charge in [0.1, 0.15) is 5.82 Å². The maximum atomic E-state index is 13.3. The van der Waals surface area contributed by atoms with Crippen LogP contribution >= 0.6 is 11.6 Å². The minimum Gasteiger partial charge on any atom is -0.349 e. The van der Waals surface area contributed by atoms with Gasteiger partial charge in [-0.2, -0.15) is 0 Å². The molecule has 0 aliphatic heterocycles. The number of nitrogens with one attached hydrogen (secondary N) is 2. The minimum absolute atomic E-state index is 0.0150. The molecule has 3 rings (SSSR count). The lowest BCUT2D eigenvalue weighted by Crippen LogP contribution is -2.53. The molecule has 2 aliphatic carbocycles. The molecule has 1 aromatic rings. The molecule has 0 spiro atoms. The van der Waals surface area contributed by atoms with E-state index >= 15 is 0 Å². The monoisotopic (exact) mass is 360 g/mol. The van der Waals surface area contributed by atoms with Gasteiger partial charge in [-0.15, -0.1) is 0 Å². The van der Waals surface area contributed by atoms with Crippen LogP contribution < -0.4 is 10.6 Å². The van der Waals surface area contributed by atoms with Gasteiger partial charge >= 0.3 is 0 Å². The molecule has 0 saturated heterocycles. The SMILES string of the molecule is O=C(NC1CC(NC[C@H]2CCC(F)(F)C2)C1)c1cc(F)cc(Cl)c1. The summed E-state index contributed by atoms with van der Waals surface area (Å²) in [5.74, 6) is -3.37. The highest BCUT2D eigenvalue weighted by molar-refractivity contribution is 6.31. The first-order valence-corrected chi connectivity index (χ1v) is 8.57. The van der Waals surface area contributed by atoms with Crippen molar-refractivity contribution in [3.8, 4) is 0 Å². The van der Waals surface area contributed by atoms with Gasteiger partial charge in [0.25, 0.3) is 5.91 Å². The fourth-order valence-corrected chi connectivity index (χ4v) is 3.63. The molecule has 2 N–H and O–H groups in total. The normalized spacial score (nSPS) is 28.4. The molecule has 24 heavy (non-hydrogen) atoms. The number of benzene rings is 1. The summed E-state index contributed by atoms with van der Waals surface area (Å²) in [6.07, 6.45) is 2.01. The van der Waals surface area contributed by atoms with Crippen molar-refractivity contribution in [2.45, 2.75) is 50.1 Å². The predicted octanol–water partition coefficient (Wildman–Crippen LogP) is 3.76. The molecule has 2 aliphatic rings. The van der Waals surface area contributed by atoms with Crippen LogP contribution in [0.3, 0.4) is 0 Å². The fraction of sp³-hybridized carbons (Fsp3) is 0.588. The zero-order valence-corrected chi connectivity index (χ0v) is 13.9. The van der Waals surface area contributed by atoms with Gasteiger partial charge in [-0.1, -0.05) is 11.6 Å². The third-order valence-corrected chi connectivity index (χ3v) is 5.02. The third kappa shape index (κ3) is 4.42. The summed E-state index contributed by atoms with van der Waals surface area (Å²) in [6, 6.07) is 3.97. The Kier molecular flexibility index (Phi) is 5.06. The van der Waals surface area contributed by atoms with E-state index in [4.69, 9.17) is 11.6 Å². The molecule has 7 heteroatoms. The molecule has 2 fully saturated rings. The number of alkyl halides is 2. The van der Waals surface area contributed by atoms with Gasteiger partial charge in [-0.3, -0.25) is 4.79 Å². The van der Waals surface area contributed by atoms with E-state index in [0.29, 0.717) is 13.0 Å². The lowest BCUT2D eigenvalue weighted by atomic mass is 9.86. The maximum absolute atomic E-state index is 13.3. The number of halogens is 4. The van der Waals surface area contributed by atoms with Crippen LogP contribution in [0.25, 0.3) is 0 Å². The topological polar surface area (TPSA) is 41.1 Å². The lowest BCUT2D eigenvalue weighted by molar-refractivity contribution is 0.00479. The molecule has 1 aromatic carbocycles. The van der Waals surface area contributed by atoms with Crippen molar-refractivity contribution in [3.63, 3.8) is 0 Å². The zero-order chi connectivity index (χ0) is 17.3. The van der Waals surface area contributed by atoms with Crippen LogP contribution in [-0.2, 0) is 0 Å². The zero-order valence-electron chi connectivity index (χ0n) is 13.1. The Morgan fingerprint density at radius 3 is 2.62 bits per heavy atom. The smallest absolute Gasteiger partial charge is 0.251 e. The second-order valence-electron chi connectivity index (χ2n) is 6.87. The van der Waals surface area contributed by atoms with E-state index in [1.807, 2.05) is 0 Å². The van der Waals surface area contributed by atoms with E-state index in [-0.39, 0.29) is 47.3 Å². The Bertz CT molecular complexity index is 600. The standard InChI is InChI=1S/C17H20ClF3N2O/c18-12-3-11(4-13(19)5-12)16(24)23-15-6-14(7-15)22-9-10-1-2-17(20,21)8-10/h3-5,10,14-15,22H,1-2,6-9H2,(H,23,24)/t10-,14?,15?/m0/s1. The van der Waals surface area contributed by atoms with E-state index in [1.54, 1.807) is 0 Å². The van der Waals surface area contributed by atoms with Gasteiger partial charge < -0.3 is 10.6 Å². The molecule has 0 radical (unpaired) electrons. The van der Waals surface area contributed by atoms with Crippen molar-refractivity contribution in [1.29, 1.82) is 0 Å². The van der Waals surface area contributed by atoms with Gasteiger partial charge in [0, 0.05) is 35.5 Å². The summed E-state index contributed by atoms with van der Waals surface area (Å²) in [4.78, 5) is 12.1.